The van der Waals surface area contributed by atoms with Gasteiger partial charge in [-0.15, -0.1) is 0 Å². The van der Waals surface area contributed by atoms with Crippen LogP contribution in [0.1, 0.15) is 23.6 Å². The Balaban J connectivity index is 3.46. The van der Waals surface area contributed by atoms with Crippen LogP contribution in [0, 0.1) is 0 Å². The summed E-state index contributed by atoms with van der Waals surface area (Å²) in [6.07, 6.45) is -9.04. The van der Waals surface area contributed by atoms with E-state index in [0.717, 1.165) is 13.2 Å². The zero-order valence-corrected chi connectivity index (χ0v) is 10.9. The van der Waals surface area contributed by atoms with E-state index in [4.69, 9.17) is 0 Å². The third-order valence-corrected chi connectivity index (χ3v) is 2.58. The predicted octanol–water partition coefficient (Wildman–Crippen LogP) is 4.30. The van der Waals surface area contributed by atoms with E-state index in [9.17, 15) is 31.1 Å². The van der Waals surface area contributed by atoms with Crippen molar-refractivity contribution in [3.05, 3.63) is 41.0 Å². The van der Waals surface area contributed by atoms with Crippen molar-refractivity contribution in [3.8, 4) is 0 Å². The monoisotopic (exact) mass is 312 g/mol. The quantitative estimate of drug-likeness (QED) is 0.462. The standard InChI is InChI=1S/C13H10F6O2/c1-7(3-11(20)21-2)8-4-9(12(14,15)16)6-10(5-8)13(17,18)19/h3-6H,1-2H3/b7-3-. The summed E-state index contributed by atoms with van der Waals surface area (Å²) in [5.74, 6) is -0.876. The predicted molar refractivity (Wildman–Crippen MR) is 62.1 cm³/mol. The first-order valence-electron chi connectivity index (χ1n) is 5.51. The Morgan fingerprint density at radius 1 is 1.00 bits per heavy atom. The fraction of sp³-hybridized carbons (Fsp3) is 0.308. The minimum atomic E-state index is -4.93. The number of benzene rings is 1. The number of allylic oxidation sites excluding steroid dienone is 1. The molecule has 116 valence electrons. The second-order valence-corrected chi connectivity index (χ2v) is 4.15. The summed E-state index contributed by atoms with van der Waals surface area (Å²) >= 11 is 0. The zero-order valence-electron chi connectivity index (χ0n) is 10.9. The fourth-order valence-electron chi connectivity index (χ4n) is 1.50. The van der Waals surface area contributed by atoms with Crippen LogP contribution in [0.4, 0.5) is 26.3 Å². The normalized spacial score (nSPS) is 13.2. The van der Waals surface area contributed by atoms with Gasteiger partial charge < -0.3 is 4.74 Å². The number of rotatable bonds is 2. The number of hydrogen-bond acceptors (Lipinski definition) is 2. The van der Waals surface area contributed by atoms with E-state index in [2.05, 4.69) is 4.74 Å². The average molecular weight is 312 g/mol. The molecule has 0 fully saturated rings. The molecular weight excluding hydrogens is 302 g/mol. The highest BCUT2D eigenvalue weighted by molar-refractivity contribution is 5.90. The number of halogens is 6. The van der Waals surface area contributed by atoms with E-state index in [1.165, 1.54) is 6.92 Å². The third-order valence-electron chi connectivity index (χ3n) is 2.58. The number of carbonyl (C=O) groups excluding carboxylic acids is 1. The van der Waals surface area contributed by atoms with E-state index < -0.39 is 29.4 Å². The van der Waals surface area contributed by atoms with Crippen molar-refractivity contribution in [2.75, 3.05) is 7.11 Å². The van der Waals surface area contributed by atoms with Crippen molar-refractivity contribution in [3.63, 3.8) is 0 Å². The van der Waals surface area contributed by atoms with Crippen molar-refractivity contribution in [2.24, 2.45) is 0 Å². The van der Waals surface area contributed by atoms with Gasteiger partial charge in [-0.1, -0.05) is 0 Å². The molecule has 0 saturated heterocycles. The molecule has 2 nitrogen and oxygen atoms in total. The molecule has 8 heteroatoms. The first-order chi connectivity index (χ1) is 9.45. The molecule has 0 spiro atoms. The van der Waals surface area contributed by atoms with E-state index in [1.54, 1.807) is 0 Å². The fourth-order valence-corrected chi connectivity index (χ4v) is 1.50. The van der Waals surface area contributed by atoms with Crippen LogP contribution < -0.4 is 0 Å². The molecule has 21 heavy (non-hydrogen) atoms. The van der Waals surface area contributed by atoms with E-state index in [-0.39, 0.29) is 17.2 Å². The van der Waals surface area contributed by atoms with Gasteiger partial charge in [0, 0.05) is 6.08 Å². The maximum absolute atomic E-state index is 12.6. The second-order valence-electron chi connectivity index (χ2n) is 4.15. The molecule has 1 rings (SSSR count). The summed E-state index contributed by atoms with van der Waals surface area (Å²) in [6, 6.07) is 1.11. The van der Waals surface area contributed by atoms with Crippen LogP contribution in [0.25, 0.3) is 5.57 Å². The van der Waals surface area contributed by atoms with Crippen molar-refractivity contribution in [1.82, 2.24) is 0 Å². The van der Waals surface area contributed by atoms with Crippen LogP contribution in [0.5, 0.6) is 0 Å². The maximum atomic E-state index is 12.6. The molecule has 0 bridgehead atoms. The van der Waals surface area contributed by atoms with Crippen LogP contribution in [0.2, 0.25) is 0 Å². The molecule has 0 N–H and O–H groups in total. The van der Waals surface area contributed by atoms with E-state index >= 15 is 0 Å². The summed E-state index contributed by atoms with van der Waals surface area (Å²) in [4.78, 5) is 11.0. The first-order valence-corrected chi connectivity index (χ1v) is 5.51. The summed E-state index contributed by atoms with van der Waals surface area (Å²) in [5, 5.41) is 0. The molecule has 0 radical (unpaired) electrons. The summed E-state index contributed by atoms with van der Waals surface area (Å²) < 4.78 is 80.2. The van der Waals surface area contributed by atoms with Gasteiger partial charge in [0.1, 0.15) is 0 Å². The number of esters is 1. The summed E-state index contributed by atoms with van der Waals surface area (Å²) in [7, 11) is 1.04. The SMILES string of the molecule is COC(=O)/C=C(/C)c1cc(C(F)(F)F)cc(C(F)(F)F)c1. The van der Waals surface area contributed by atoms with Gasteiger partial charge in [0.2, 0.25) is 0 Å². The third kappa shape index (κ3) is 4.51. The summed E-state index contributed by atoms with van der Waals surface area (Å²) in [6.45, 7) is 1.21. The number of alkyl halides is 6. The Morgan fingerprint density at radius 3 is 1.76 bits per heavy atom. The lowest BCUT2D eigenvalue weighted by Gasteiger charge is -2.14. The molecular formula is C13H10F6O2. The van der Waals surface area contributed by atoms with Crippen LogP contribution in [0.3, 0.4) is 0 Å². The van der Waals surface area contributed by atoms with Crippen LogP contribution in [0.15, 0.2) is 24.3 Å². The molecule has 0 aliphatic carbocycles. The van der Waals surface area contributed by atoms with Gasteiger partial charge in [-0.3, -0.25) is 0 Å². The Morgan fingerprint density at radius 2 is 1.43 bits per heavy atom. The molecule has 0 aromatic heterocycles. The first kappa shape index (κ1) is 17.1. The highest BCUT2D eigenvalue weighted by atomic mass is 19.4. The minimum Gasteiger partial charge on any atom is -0.466 e. The van der Waals surface area contributed by atoms with Gasteiger partial charge in [0.25, 0.3) is 0 Å². The molecule has 1 aromatic rings. The van der Waals surface area contributed by atoms with Crippen molar-refractivity contribution in [2.45, 2.75) is 19.3 Å². The Kier molecular flexibility index (Phi) is 4.70. The molecule has 0 amide bonds. The zero-order chi connectivity index (χ0) is 16.4. The summed E-state index contributed by atoms with van der Waals surface area (Å²) in [5.41, 5.74) is -3.31. The maximum Gasteiger partial charge on any atom is 0.416 e. The molecule has 0 saturated carbocycles. The lowest BCUT2D eigenvalue weighted by Crippen LogP contribution is -2.11. The highest BCUT2D eigenvalue weighted by Crippen LogP contribution is 2.37. The lowest BCUT2D eigenvalue weighted by molar-refractivity contribution is -0.143. The molecule has 0 heterocycles. The largest absolute Gasteiger partial charge is 0.466 e. The van der Waals surface area contributed by atoms with Crippen molar-refractivity contribution >= 4 is 11.5 Å². The minimum absolute atomic E-state index is 0.0227. The molecule has 0 unspecified atom stereocenters. The van der Waals surface area contributed by atoms with Gasteiger partial charge >= 0.3 is 18.3 Å². The number of hydrogen-bond donors (Lipinski definition) is 0. The van der Waals surface area contributed by atoms with Crippen molar-refractivity contribution < 1.29 is 35.9 Å². The highest BCUT2D eigenvalue weighted by Gasteiger charge is 2.36. The van der Waals surface area contributed by atoms with Gasteiger partial charge in [0.05, 0.1) is 18.2 Å². The van der Waals surface area contributed by atoms with Gasteiger partial charge in [-0.2, -0.15) is 26.3 Å². The number of ether oxygens (including phenoxy) is 1. The molecule has 0 aliphatic rings. The van der Waals surface area contributed by atoms with Crippen LogP contribution >= 0.6 is 0 Å². The number of carbonyl (C=O) groups is 1. The van der Waals surface area contributed by atoms with Gasteiger partial charge in [0.15, 0.2) is 0 Å². The van der Waals surface area contributed by atoms with E-state index in [1.807, 2.05) is 0 Å². The smallest absolute Gasteiger partial charge is 0.416 e. The van der Waals surface area contributed by atoms with E-state index in [0.29, 0.717) is 12.1 Å². The van der Waals surface area contributed by atoms with Gasteiger partial charge in [-0.05, 0) is 36.3 Å². The lowest BCUT2D eigenvalue weighted by atomic mass is 10.00. The van der Waals surface area contributed by atoms with Crippen LogP contribution in [-0.4, -0.2) is 13.1 Å². The average Bonchev–Trinajstić information content (AvgIpc) is 2.35. The Hall–Kier alpha value is -1.99. The number of methoxy groups -OCH3 is 1. The Bertz CT molecular complexity index is 537. The molecule has 1 aromatic carbocycles. The molecule has 0 atom stereocenters. The van der Waals surface area contributed by atoms with Gasteiger partial charge in [-0.25, -0.2) is 4.79 Å². The second kappa shape index (κ2) is 5.79. The molecule has 0 aliphatic heterocycles. The van der Waals surface area contributed by atoms with Crippen molar-refractivity contribution in [1.29, 1.82) is 0 Å². The van der Waals surface area contributed by atoms with Crippen LogP contribution in [-0.2, 0) is 21.9 Å². The topological polar surface area (TPSA) is 26.3 Å². The Labute approximate surface area is 116 Å².